The Bertz CT molecular complexity index is 276. The second kappa shape index (κ2) is 3.51. The summed E-state index contributed by atoms with van der Waals surface area (Å²) < 4.78 is 0.865. The van der Waals surface area contributed by atoms with Gasteiger partial charge in [-0.3, -0.25) is 4.98 Å². The summed E-state index contributed by atoms with van der Waals surface area (Å²) in [6.45, 7) is 0. The van der Waals surface area contributed by atoms with E-state index in [-0.39, 0.29) is 0 Å². The molecule has 0 saturated heterocycles. The van der Waals surface area contributed by atoms with Crippen molar-refractivity contribution in [2.45, 2.75) is 0 Å². The topological polar surface area (TPSA) is 68.0 Å². The molecule has 0 radical (unpaired) electrons. The zero-order chi connectivity index (χ0) is 8.27. The zero-order valence-corrected chi connectivity index (χ0v) is 7.70. The largest absolute Gasteiger partial charge is 0.351 e. The second-order valence-corrected chi connectivity index (χ2v) is 3.01. The molecule has 0 aliphatic carbocycles. The average Bonchev–Trinajstić information content (AvgIpc) is 1.93. The smallest absolute Gasteiger partial charge is 0.316 e. The SMILES string of the molecule is NC(=O)Nc1ccncc1I. The van der Waals surface area contributed by atoms with E-state index in [9.17, 15) is 4.79 Å². The molecule has 0 spiro atoms. The van der Waals surface area contributed by atoms with Crippen molar-refractivity contribution < 1.29 is 4.79 Å². The van der Waals surface area contributed by atoms with Gasteiger partial charge in [0.2, 0.25) is 0 Å². The molecule has 1 aromatic rings. The van der Waals surface area contributed by atoms with Gasteiger partial charge in [0.05, 0.1) is 9.26 Å². The van der Waals surface area contributed by atoms with E-state index in [2.05, 4.69) is 32.9 Å². The number of pyridine rings is 1. The molecular formula is C6H6IN3O. The maximum Gasteiger partial charge on any atom is 0.316 e. The summed E-state index contributed by atoms with van der Waals surface area (Å²) in [7, 11) is 0. The highest BCUT2D eigenvalue weighted by atomic mass is 127. The lowest BCUT2D eigenvalue weighted by Gasteiger charge is -2.01. The number of rotatable bonds is 1. The van der Waals surface area contributed by atoms with Crippen LogP contribution in [0.25, 0.3) is 0 Å². The number of urea groups is 1. The van der Waals surface area contributed by atoms with Gasteiger partial charge in [-0.1, -0.05) is 0 Å². The second-order valence-electron chi connectivity index (χ2n) is 1.84. The maximum atomic E-state index is 10.4. The Hall–Kier alpha value is -0.850. The Morgan fingerprint density at radius 2 is 2.45 bits per heavy atom. The number of hydrogen-bond acceptors (Lipinski definition) is 2. The third-order valence-corrected chi connectivity index (χ3v) is 1.89. The van der Waals surface area contributed by atoms with Crippen molar-refractivity contribution in [3.05, 3.63) is 22.0 Å². The van der Waals surface area contributed by atoms with E-state index in [0.29, 0.717) is 5.69 Å². The monoisotopic (exact) mass is 263 g/mol. The number of primary amides is 1. The minimum absolute atomic E-state index is 0.561. The fourth-order valence-corrected chi connectivity index (χ4v) is 1.08. The number of aromatic nitrogens is 1. The number of nitrogens with one attached hydrogen (secondary N) is 1. The Morgan fingerprint density at radius 1 is 1.73 bits per heavy atom. The molecule has 0 unspecified atom stereocenters. The molecule has 0 aliphatic heterocycles. The summed E-state index contributed by atoms with van der Waals surface area (Å²) in [5.74, 6) is 0. The van der Waals surface area contributed by atoms with Gasteiger partial charge in [-0.2, -0.15) is 0 Å². The van der Waals surface area contributed by atoms with Gasteiger partial charge in [-0.15, -0.1) is 0 Å². The van der Waals surface area contributed by atoms with Crippen LogP contribution in [0.3, 0.4) is 0 Å². The summed E-state index contributed by atoms with van der Waals surface area (Å²) in [6, 6.07) is 1.13. The minimum Gasteiger partial charge on any atom is -0.351 e. The molecule has 2 amide bonds. The first-order chi connectivity index (χ1) is 5.20. The standard InChI is InChI=1S/C6H6IN3O/c7-4-3-9-2-1-5(4)10-6(8)11/h1-3H,(H3,8,9,10,11). The van der Waals surface area contributed by atoms with Crippen LogP contribution in [-0.4, -0.2) is 11.0 Å². The normalized spacial score (nSPS) is 9.18. The van der Waals surface area contributed by atoms with Crippen LogP contribution in [0.1, 0.15) is 0 Å². The number of hydrogen-bond donors (Lipinski definition) is 2. The molecule has 0 aromatic carbocycles. The minimum atomic E-state index is -0.561. The fraction of sp³-hybridized carbons (Fsp3) is 0. The molecule has 58 valence electrons. The third kappa shape index (κ3) is 2.34. The van der Waals surface area contributed by atoms with Gasteiger partial charge >= 0.3 is 6.03 Å². The van der Waals surface area contributed by atoms with Gasteiger partial charge in [0, 0.05) is 12.4 Å². The van der Waals surface area contributed by atoms with E-state index in [4.69, 9.17) is 5.73 Å². The molecule has 0 atom stereocenters. The van der Waals surface area contributed by atoms with E-state index >= 15 is 0 Å². The molecule has 4 nitrogen and oxygen atoms in total. The number of carbonyl (C=O) groups is 1. The lowest BCUT2D eigenvalue weighted by atomic mass is 10.4. The van der Waals surface area contributed by atoms with E-state index in [1.54, 1.807) is 18.5 Å². The number of carbonyl (C=O) groups excluding carboxylic acids is 1. The van der Waals surface area contributed by atoms with Gasteiger partial charge in [0.25, 0.3) is 0 Å². The average molecular weight is 263 g/mol. The Kier molecular flexibility index (Phi) is 2.64. The molecule has 0 fully saturated rings. The number of nitrogens with zero attached hydrogens (tertiary/aromatic N) is 1. The van der Waals surface area contributed by atoms with Crippen molar-refractivity contribution in [3.63, 3.8) is 0 Å². The molecular weight excluding hydrogens is 257 g/mol. The van der Waals surface area contributed by atoms with Gasteiger partial charge in [0.15, 0.2) is 0 Å². The summed E-state index contributed by atoms with van der Waals surface area (Å²) in [4.78, 5) is 14.3. The molecule has 0 bridgehead atoms. The number of halogens is 1. The molecule has 3 N–H and O–H groups in total. The molecule has 1 rings (SSSR count). The third-order valence-electron chi connectivity index (χ3n) is 1.03. The highest BCUT2D eigenvalue weighted by Crippen LogP contribution is 2.14. The maximum absolute atomic E-state index is 10.4. The molecule has 1 aromatic heterocycles. The van der Waals surface area contributed by atoms with E-state index in [0.717, 1.165) is 3.57 Å². The van der Waals surface area contributed by atoms with Crippen LogP contribution in [0.2, 0.25) is 0 Å². The Balaban J connectivity index is 2.86. The fourth-order valence-electron chi connectivity index (χ4n) is 0.609. The van der Waals surface area contributed by atoms with Crippen LogP contribution in [-0.2, 0) is 0 Å². The lowest BCUT2D eigenvalue weighted by Crippen LogP contribution is -2.19. The van der Waals surface area contributed by atoms with Crippen molar-refractivity contribution in [2.24, 2.45) is 5.73 Å². The van der Waals surface area contributed by atoms with Crippen LogP contribution in [0, 0.1) is 3.57 Å². The quantitative estimate of drug-likeness (QED) is 0.747. The highest BCUT2D eigenvalue weighted by molar-refractivity contribution is 14.1. The molecule has 11 heavy (non-hydrogen) atoms. The first kappa shape index (κ1) is 8.25. The molecule has 1 heterocycles. The van der Waals surface area contributed by atoms with Crippen LogP contribution >= 0.6 is 22.6 Å². The predicted octanol–water partition coefficient (Wildman–Crippen LogP) is 1.18. The van der Waals surface area contributed by atoms with Gasteiger partial charge in [-0.05, 0) is 28.7 Å². The van der Waals surface area contributed by atoms with Crippen LogP contribution in [0.4, 0.5) is 10.5 Å². The van der Waals surface area contributed by atoms with Crippen molar-refractivity contribution in [1.82, 2.24) is 4.98 Å². The van der Waals surface area contributed by atoms with Crippen LogP contribution < -0.4 is 11.1 Å². The summed E-state index contributed by atoms with van der Waals surface area (Å²) in [6.07, 6.45) is 3.24. The van der Waals surface area contributed by atoms with E-state index in [1.165, 1.54) is 0 Å². The van der Waals surface area contributed by atoms with E-state index in [1.807, 2.05) is 0 Å². The Morgan fingerprint density at radius 3 is 3.00 bits per heavy atom. The molecule has 5 heteroatoms. The summed E-state index contributed by atoms with van der Waals surface area (Å²) in [5, 5.41) is 2.46. The van der Waals surface area contributed by atoms with Gasteiger partial charge < -0.3 is 11.1 Å². The van der Waals surface area contributed by atoms with Crippen molar-refractivity contribution in [1.29, 1.82) is 0 Å². The predicted molar refractivity (Wildman–Crippen MR) is 50.2 cm³/mol. The molecule has 0 aliphatic rings. The zero-order valence-electron chi connectivity index (χ0n) is 5.54. The lowest BCUT2D eigenvalue weighted by molar-refractivity contribution is 0.259. The van der Waals surface area contributed by atoms with Crippen LogP contribution in [0.15, 0.2) is 18.5 Å². The number of anilines is 1. The first-order valence-corrected chi connectivity index (χ1v) is 3.94. The number of amides is 2. The van der Waals surface area contributed by atoms with Crippen molar-refractivity contribution in [3.8, 4) is 0 Å². The first-order valence-electron chi connectivity index (χ1n) is 2.86. The van der Waals surface area contributed by atoms with Crippen molar-refractivity contribution >= 4 is 34.3 Å². The molecule has 0 saturated carbocycles. The summed E-state index contributed by atoms with van der Waals surface area (Å²) in [5.41, 5.74) is 5.61. The number of nitrogens with two attached hydrogens (primary N) is 1. The van der Waals surface area contributed by atoms with Crippen LogP contribution in [0.5, 0.6) is 0 Å². The van der Waals surface area contributed by atoms with Gasteiger partial charge in [0.1, 0.15) is 0 Å². The van der Waals surface area contributed by atoms with Crippen molar-refractivity contribution in [2.75, 3.05) is 5.32 Å². The highest BCUT2D eigenvalue weighted by Gasteiger charge is 1.99. The summed E-state index contributed by atoms with van der Waals surface area (Å²) >= 11 is 2.06. The van der Waals surface area contributed by atoms with E-state index < -0.39 is 6.03 Å². The van der Waals surface area contributed by atoms with Gasteiger partial charge in [-0.25, -0.2) is 4.79 Å². The Labute approximate surface area is 77.3 Å².